The fourth-order valence-corrected chi connectivity index (χ4v) is 4.40. The Hall–Kier alpha value is -3.78. The minimum absolute atomic E-state index is 0.242. The fourth-order valence-electron chi connectivity index (χ4n) is 3.84. The van der Waals surface area contributed by atoms with Crippen molar-refractivity contribution in [3.05, 3.63) is 70.4 Å². The Morgan fingerprint density at radius 2 is 1.88 bits per heavy atom. The number of nitrogens with zero attached hydrogens (tertiary/aromatic N) is 4. The van der Waals surface area contributed by atoms with Crippen LogP contribution in [0.3, 0.4) is 0 Å². The van der Waals surface area contributed by atoms with Gasteiger partial charge in [-0.15, -0.1) is 11.3 Å². The van der Waals surface area contributed by atoms with Crippen molar-refractivity contribution in [2.24, 2.45) is 0 Å². The van der Waals surface area contributed by atoms with Crippen LogP contribution in [0.25, 0.3) is 33.9 Å². The van der Waals surface area contributed by atoms with Crippen LogP contribution in [0.15, 0.2) is 69.1 Å². The molecule has 2 amide bonds. The summed E-state index contributed by atoms with van der Waals surface area (Å²) >= 11 is 1.46. The molecule has 4 aromatic rings. The van der Waals surface area contributed by atoms with E-state index in [1.54, 1.807) is 20.0 Å². The van der Waals surface area contributed by atoms with E-state index in [0.29, 0.717) is 45.4 Å². The lowest BCUT2D eigenvalue weighted by Crippen LogP contribution is -2.42. The molecule has 0 spiro atoms. The van der Waals surface area contributed by atoms with Gasteiger partial charge in [0.1, 0.15) is 0 Å². The minimum Gasteiger partial charge on any atom is -0.432 e. The van der Waals surface area contributed by atoms with Gasteiger partial charge in [0.15, 0.2) is 16.2 Å². The molecule has 1 aliphatic rings. The highest BCUT2D eigenvalue weighted by Gasteiger charge is 2.32. The highest BCUT2D eigenvalue weighted by molar-refractivity contribution is 7.12. The number of carbonyl (C=O) groups is 2. The molecule has 1 aliphatic heterocycles. The van der Waals surface area contributed by atoms with E-state index >= 15 is 0 Å². The van der Waals surface area contributed by atoms with Gasteiger partial charge in [0.2, 0.25) is 0 Å². The van der Waals surface area contributed by atoms with Crippen LogP contribution < -0.4 is 0 Å². The van der Waals surface area contributed by atoms with Gasteiger partial charge in [-0.2, -0.15) is 4.98 Å². The van der Waals surface area contributed by atoms with Crippen LogP contribution in [0.5, 0.6) is 0 Å². The number of hydrogen-bond acceptors (Lipinski definition) is 6. The van der Waals surface area contributed by atoms with Crippen molar-refractivity contribution in [1.82, 2.24) is 19.4 Å². The molecule has 3 aromatic heterocycles. The van der Waals surface area contributed by atoms with Crippen molar-refractivity contribution < 1.29 is 14.0 Å². The molecule has 0 N–H and O–H groups in total. The third-order valence-electron chi connectivity index (χ3n) is 5.63. The Labute approximate surface area is 188 Å². The Kier molecular flexibility index (Phi) is 4.86. The molecule has 1 aromatic carbocycles. The summed E-state index contributed by atoms with van der Waals surface area (Å²) in [4.78, 5) is 35.8. The molecule has 7 nitrogen and oxygen atoms in total. The number of fused-ring (bicyclic) bond motifs is 1. The summed E-state index contributed by atoms with van der Waals surface area (Å²) in [5.41, 5.74) is 4.60. The first-order valence-electron chi connectivity index (χ1n) is 10.2. The van der Waals surface area contributed by atoms with Crippen LogP contribution in [-0.2, 0) is 9.59 Å². The SMILES string of the molecule is CCN1C(=O)C(C)=C(C)/C(=C/c2cc3oc(-c4nccs4)nc3n2-c2ccccc2)C1=O. The van der Waals surface area contributed by atoms with Gasteiger partial charge in [0.05, 0.1) is 5.69 Å². The molecular weight excluding hydrogens is 424 g/mol. The Bertz CT molecular complexity index is 1410. The molecule has 0 bridgehead atoms. The average Bonchev–Trinajstić information content (AvgIpc) is 3.52. The number of hydrogen-bond donors (Lipinski definition) is 0. The number of carbonyl (C=O) groups excluding carboxylic acids is 2. The molecule has 0 atom stereocenters. The summed E-state index contributed by atoms with van der Waals surface area (Å²) in [7, 11) is 0. The summed E-state index contributed by atoms with van der Waals surface area (Å²) in [6.45, 7) is 5.68. The quantitative estimate of drug-likeness (QED) is 0.332. The molecule has 8 heteroatoms. The van der Waals surface area contributed by atoms with Gasteiger partial charge in [0, 0.05) is 41.0 Å². The molecule has 0 unspecified atom stereocenters. The van der Waals surface area contributed by atoms with Crippen LogP contribution in [0.2, 0.25) is 0 Å². The van der Waals surface area contributed by atoms with Crippen LogP contribution in [0.4, 0.5) is 0 Å². The first kappa shape index (κ1) is 20.1. The highest BCUT2D eigenvalue weighted by Crippen LogP contribution is 2.33. The van der Waals surface area contributed by atoms with Crippen molar-refractivity contribution >= 4 is 40.5 Å². The Balaban J connectivity index is 1.73. The lowest BCUT2D eigenvalue weighted by molar-refractivity contribution is -0.140. The summed E-state index contributed by atoms with van der Waals surface area (Å²) in [5, 5.41) is 2.58. The number of aromatic nitrogens is 3. The third-order valence-corrected chi connectivity index (χ3v) is 6.39. The van der Waals surface area contributed by atoms with E-state index in [4.69, 9.17) is 9.40 Å². The van der Waals surface area contributed by atoms with E-state index in [9.17, 15) is 9.59 Å². The minimum atomic E-state index is -0.297. The summed E-state index contributed by atoms with van der Waals surface area (Å²) < 4.78 is 7.95. The second-order valence-corrected chi connectivity index (χ2v) is 8.34. The Morgan fingerprint density at radius 1 is 1.09 bits per heavy atom. The number of rotatable bonds is 4. The Morgan fingerprint density at radius 3 is 2.56 bits per heavy atom. The molecule has 0 aliphatic carbocycles. The number of likely N-dealkylation sites (N-methyl/N-ethyl adjacent to an activating group) is 1. The van der Waals surface area contributed by atoms with E-state index < -0.39 is 0 Å². The van der Waals surface area contributed by atoms with Gasteiger partial charge in [-0.3, -0.25) is 19.1 Å². The second-order valence-electron chi connectivity index (χ2n) is 7.45. The molecule has 5 rings (SSSR count). The molecule has 0 saturated heterocycles. The number of benzene rings is 1. The molecule has 0 saturated carbocycles. The number of imide groups is 1. The maximum Gasteiger partial charge on any atom is 0.261 e. The van der Waals surface area contributed by atoms with Crippen LogP contribution >= 0.6 is 11.3 Å². The van der Waals surface area contributed by atoms with Gasteiger partial charge in [0.25, 0.3) is 17.7 Å². The monoisotopic (exact) mass is 444 g/mol. The van der Waals surface area contributed by atoms with Gasteiger partial charge in [-0.05, 0) is 44.6 Å². The number of amides is 2. The van der Waals surface area contributed by atoms with E-state index in [2.05, 4.69) is 4.98 Å². The molecule has 0 fully saturated rings. The van der Waals surface area contributed by atoms with E-state index in [-0.39, 0.29) is 11.8 Å². The number of oxazole rings is 1. The average molecular weight is 445 g/mol. The van der Waals surface area contributed by atoms with E-state index in [1.807, 2.05) is 59.3 Å². The second kappa shape index (κ2) is 7.72. The summed E-state index contributed by atoms with van der Waals surface area (Å²) in [5.74, 6) is -0.0825. The highest BCUT2D eigenvalue weighted by atomic mass is 32.1. The zero-order valence-corrected chi connectivity index (χ0v) is 18.6. The smallest absolute Gasteiger partial charge is 0.261 e. The van der Waals surface area contributed by atoms with Crippen molar-refractivity contribution in [3.63, 3.8) is 0 Å². The van der Waals surface area contributed by atoms with Crippen molar-refractivity contribution in [1.29, 1.82) is 0 Å². The molecular formula is C24H20N4O3S. The lowest BCUT2D eigenvalue weighted by Gasteiger charge is -2.27. The predicted octanol–water partition coefficient (Wildman–Crippen LogP) is 4.85. The van der Waals surface area contributed by atoms with E-state index in [0.717, 1.165) is 11.4 Å². The fraction of sp³-hybridized carbons (Fsp3) is 0.167. The first-order chi connectivity index (χ1) is 15.5. The van der Waals surface area contributed by atoms with Crippen molar-refractivity contribution in [2.75, 3.05) is 6.54 Å². The van der Waals surface area contributed by atoms with Crippen LogP contribution in [0.1, 0.15) is 26.5 Å². The molecule has 32 heavy (non-hydrogen) atoms. The third kappa shape index (κ3) is 3.11. The van der Waals surface area contributed by atoms with Crippen LogP contribution in [-0.4, -0.2) is 37.8 Å². The van der Waals surface area contributed by atoms with Gasteiger partial charge in [-0.25, -0.2) is 4.98 Å². The zero-order chi connectivity index (χ0) is 22.4. The molecule has 0 radical (unpaired) electrons. The standard InChI is InChI=1S/C24H20N4O3S/c1-4-27-23(29)15(3)14(2)18(24(27)30)12-17-13-19-20(28(17)16-8-6-5-7-9-16)26-21(31-19)22-25-10-11-32-22/h5-13H,4H2,1-3H3/b18-12-. The number of thiazole rings is 1. The number of para-hydroxylation sites is 1. The van der Waals surface area contributed by atoms with Gasteiger partial charge >= 0.3 is 0 Å². The lowest BCUT2D eigenvalue weighted by atomic mass is 9.95. The normalized spacial score (nSPS) is 16.1. The summed E-state index contributed by atoms with van der Waals surface area (Å²) in [6, 6.07) is 11.6. The maximum atomic E-state index is 13.1. The van der Waals surface area contributed by atoms with Gasteiger partial charge < -0.3 is 4.42 Å². The van der Waals surface area contributed by atoms with E-state index in [1.165, 1.54) is 16.2 Å². The summed E-state index contributed by atoms with van der Waals surface area (Å²) in [6.07, 6.45) is 3.52. The maximum absolute atomic E-state index is 13.1. The molecule has 160 valence electrons. The largest absolute Gasteiger partial charge is 0.432 e. The predicted molar refractivity (Wildman–Crippen MR) is 123 cm³/mol. The zero-order valence-electron chi connectivity index (χ0n) is 17.8. The van der Waals surface area contributed by atoms with Gasteiger partial charge in [-0.1, -0.05) is 18.2 Å². The molecule has 4 heterocycles. The first-order valence-corrected chi connectivity index (χ1v) is 11.1. The van der Waals surface area contributed by atoms with Crippen molar-refractivity contribution in [2.45, 2.75) is 20.8 Å². The topological polar surface area (TPSA) is 81.2 Å². The van der Waals surface area contributed by atoms with Crippen LogP contribution in [0, 0.1) is 0 Å². The van der Waals surface area contributed by atoms with Crippen molar-refractivity contribution in [3.8, 4) is 16.6 Å².